The summed E-state index contributed by atoms with van der Waals surface area (Å²) in [6, 6.07) is 14.5. The van der Waals surface area contributed by atoms with Gasteiger partial charge in [0.05, 0.1) is 0 Å². The van der Waals surface area contributed by atoms with Gasteiger partial charge in [-0.05, 0) is 55.0 Å². The number of carbonyl (C=O) groups excluding carboxylic acids is 2. The Bertz CT molecular complexity index is 977. The summed E-state index contributed by atoms with van der Waals surface area (Å²) in [6.07, 6.45) is 0. The highest BCUT2D eigenvalue weighted by atomic mass is 32.1. The standard InChI is InChI=1S/C19H17N3O3S/c1-11-9-14(21-19(26)20-12(2)23)7-8-15(11)22-18(24)17-10-13-5-3-4-6-16(13)25-17/h3-10H,1-2H3,(H,22,24)(H2,20,21,23,26). The molecule has 0 atom stereocenters. The smallest absolute Gasteiger partial charge is 0.291 e. The van der Waals surface area contributed by atoms with Crippen molar-refractivity contribution < 1.29 is 14.0 Å². The predicted octanol–water partition coefficient (Wildman–Crippen LogP) is 3.83. The van der Waals surface area contributed by atoms with E-state index in [1.54, 1.807) is 18.2 Å². The molecule has 0 aliphatic rings. The summed E-state index contributed by atoms with van der Waals surface area (Å²) in [7, 11) is 0. The molecule has 0 aliphatic heterocycles. The molecule has 0 saturated heterocycles. The van der Waals surface area contributed by atoms with E-state index in [2.05, 4.69) is 16.0 Å². The van der Waals surface area contributed by atoms with Gasteiger partial charge in [0.2, 0.25) is 5.91 Å². The van der Waals surface area contributed by atoms with Crippen molar-refractivity contribution in [2.24, 2.45) is 0 Å². The van der Waals surface area contributed by atoms with Crippen LogP contribution in [0.2, 0.25) is 0 Å². The third-order valence-corrected chi connectivity index (χ3v) is 3.88. The summed E-state index contributed by atoms with van der Waals surface area (Å²) < 4.78 is 5.57. The maximum atomic E-state index is 12.4. The molecular weight excluding hydrogens is 350 g/mol. The van der Waals surface area contributed by atoms with Gasteiger partial charge in [-0.1, -0.05) is 18.2 Å². The quantitative estimate of drug-likeness (QED) is 0.613. The van der Waals surface area contributed by atoms with Crippen LogP contribution in [0.3, 0.4) is 0 Å². The van der Waals surface area contributed by atoms with E-state index in [1.165, 1.54) is 6.92 Å². The van der Waals surface area contributed by atoms with Crippen molar-refractivity contribution in [3.63, 3.8) is 0 Å². The van der Waals surface area contributed by atoms with Crippen LogP contribution in [0.1, 0.15) is 23.0 Å². The largest absolute Gasteiger partial charge is 0.451 e. The normalized spacial score (nSPS) is 10.4. The molecule has 0 saturated carbocycles. The van der Waals surface area contributed by atoms with Crippen LogP contribution < -0.4 is 16.0 Å². The molecule has 0 aliphatic carbocycles. The predicted molar refractivity (Wildman–Crippen MR) is 105 cm³/mol. The molecule has 2 aromatic carbocycles. The van der Waals surface area contributed by atoms with Gasteiger partial charge in [0.25, 0.3) is 5.91 Å². The first-order valence-electron chi connectivity index (χ1n) is 7.91. The molecule has 3 rings (SSSR count). The highest BCUT2D eigenvalue weighted by Crippen LogP contribution is 2.23. The molecule has 6 nitrogen and oxygen atoms in total. The summed E-state index contributed by atoms with van der Waals surface area (Å²) in [5.41, 5.74) is 2.87. The Labute approximate surface area is 155 Å². The maximum absolute atomic E-state index is 12.4. The molecule has 0 radical (unpaired) electrons. The minimum absolute atomic E-state index is 0.218. The first kappa shape index (κ1) is 17.6. The number of rotatable bonds is 3. The SMILES string of the molecule is CC(=O)NC(=S)Nc1ccc(NC(=O)c2cc3ccccc3o2)c(C)c1. The van der Waals surface area contributed by atoms with Crippen molar-refractivity contribution in [1.29, 1.82) is 0 Å². The van der Waals surface area contributed by atoms with Crippen LogP contribution in [0.5, 0.6) is 0 Å². The fourth-order valence-electron chi connectivity index (χ4n) is 2.48. The number of hydrogen-bond acceptors (Lipinski definition) is 4. The van der Waals surface area contributed by atoms with E-state index < -0.39 is 0 Å². The van der Waals surface area contributed by atoms with E-state index in [9.17, 15) is 9.59 Å². The second-order valence-electron chi connectivity index (χ2n) is 5.77. The third-order valence-electron chi connectivity index (χ3n) is 3.67. The van der Waals surface area contributed by atoms with Crippen LogP contribution in [0.15, 0.2) is 52.9 Å². The second kappa shape index (κ2) is 7.37. The molecule has 132 valence electrons. The van der Waals surface area contributed by atoms with Gasteiger partial charge in [0.15, 0.2) is 10.9 Å². The molecule has 1 aromatic heterocycles. The zero-order chi connectivity index (χ0) is 18.7. The Morgan fingerprint density at radius 2 is 1.81 bits per heavy atom. The molecule has 0 bridgehead atoms. The summed E-state index contributed by atoms with van der Waals surface area (Å²) in [5.74, 6) is -0.313. The minimum atomic E-state index is -0.321. The average molecular weight is 367 g/mol. The maximum Gasteiger partial charge on any atom is 0.291 e. The van der Waals surface area contributed by atoms with E-state index in [-0.39, 0.29) is 22.7 Å². The molecule has 2 amide bonds. The number of benzene rings is 2. The molecule has 26 heavy (non-hydrogen) atoms. The number of amides is 2. The summed E-state index contributed by atoms with van der Waals surface area (Å²) in [6.45, 7) is 3.25. The zero-order valence-corrected chi connectivity index (χ0v) is 15.1. The second-order valence-corrected chi connectivity index (χ2v) is 6.18. The van der Waals surface area contributed by atoms with E-state index in [0.29, 0.717) is 17.0 Å². The summed E-state index contributed by atoms with van der Waals surface area (Å²) in [5, 5.41) is 9.33. The fraction of sp³-hybridized carbons (Fsp3) is 0.105. The molecule has 0 unspecified atom stereocenters. The van der Waals surface area contributed by atoms with E-state index in [4.69, 9.17) is 16.6 Å². The highest BCUT2D eigenvalue weighted by Gasteiger charge is 2.13. The van der Waals surface area contributed by atoms with Crippen molar-refractivity contribution in [2.45, 2.75) is 13.8 Å². The number of carbonyl (C=O) groups is 2. The molecule has 0 fully saturated rings. The molecule has 0 spiro atoms. The number of fused-ring (bicyclic) bond motifs is 1. The van der Waals surface area contributed by atoms with Gasteiger partial charge in [0, 0.05) is 23.7 Å². The fourth-order valence-corrected chi connectivity index (χ4v) is 2.74. The lowest BCUT2D eigenvalue weighted by Gasteiger charge is -2.12. The Balaban J connectivity index is 1.72. The summed E-state index contributed by atoms with van der Waals surface area (Å²) in [4.78, 5) is 23.4. The highest BCUT2D eigenvalue weighted by molar-refractivity contribution is 7.80. The van der Waals surface area contributed by atoms with Crippen LogP contribution in [0, 0.1) is 6.92 Å². The van der Waals surface area contributed by atoms with E-state index >= 15 is 0 Å². The molecule has 1 heterocycles. The lowest BCUT2D eigenvalue weighted by atomic mass is 10.1. The van der Waals surface area contributed by atoms with Gasteiger partial charge in [-0.25, -0.2) is 0 Å². The number of anilines is 2. The zero-order valence-electron chi connectivity index (χ0n) is 14.3. The minimum Gasteiger partial charge on any atom is -0.451 e. The van der Waals surface area contributed by atoms with Gasteiger partial charge < -0.3 is 20.4 Å². The van der Waals surface area contributed by atoms with Crippen molar-refractivity contribution in [3.8, 4) is 0 Å². The third kappa shape index (κ3) is 4.07. The lowest BCUT2D eigenvalue weighted by molar-refractivity contribution is -0.117. The number of furan rings is 1. The van der Waals surface area contributed by atoms with Crippen molar-refractivity contribution in [1.82, 2.24) is 5.32 Å². The van der Waals surface area contributed by atoms with Gasteiger partial charge >= 0.3 is 0 Å². The van der Waals surface area contributed by atoms with Gasteiger partial charge in [-0.15, -0.1) is 0 Å². The first-order valence-corrected chi connectivity index (χ1v) is 8.32. The van der Waals surface area contributed by atoms with Crippen LogP contribution >= 0.6 is 12.2 Å². The van der Waals surface area contributed by atoms with Crippen LogP contribution in [-0.2, 0) is 4.79 Å². The van der Waals surface area contributed by atoms with Crippen molar-refractivity contribution >= 4 is 51.5 Å². The molecular formula is C19H17N3O3S. The lowest BCUT2D eigenvalue weighted by Crippen LogP contribution is -2.32. The number of thiocarbonyl (C=S) groups is 1. The number of aryl methyl sites for hydroxylation is 1. The summed E-state index contributed by atoms with van der Waals surface area (Å²) >= 11 is 5.03. The molecule has 7 heteroatoms. The molecule has 3 aromatic rings. The number of hydrogen-bond donors (Lipinski definition) is 3. The van der Waals surface area contributed by atoms with Crippen molar-refractivity contribution in [2.75, 3.05) is 10.6 Å². The van der Waals surface area contributed by atoms with E-state index in [1.807, 2.05) is 37.3 Å². The number of nitrogens with one attached hydrogen (secondary N) is 3. The number of para-hydroxylation sites is 1. The van der Waals surface area contributed by atoms with Gasteiger partial charge in [-0.2, -0.15) is 0 Å². The van der Waals surface area contributed by atoms with Gasteiger partial charge in [0.1, 0.15) is 5.58 Å². The average Bonchev–Trinajstić information content (AvgIpc) is 3.00. The Hall–Kier alpha value is -3.19. The monoisotopic (exact) mass is 367 g/mol. The topological polar surface area (TPSA) is 83.4 Å². The molecule has 3 N–H and O–H groups in total. The van der Waals surface area contributed by atoms with Gasteiger partial charge in [-0.3, -0.25) is 9.59 Å². The Morgan fingerprint density at radius 1 is 1.04 bits per heavy atom. The van der Waals surface area contributed by atoms with Crippen molar-refractivity contribution in [3.05, 3.63) is 59.9 Å². The first-order chi connectivity index (χ1) is 12.4. The Morgan fingerprint density at radius 3 is 2.50 bits per heavy atom. The van der Waals surface area contributed by atoms with Crippen LogP contribution in [0.25, 0.3) is 11.0 Å². The Kier molecular flexibility index (Phi) is 4.99. The van der Waals surface area contributed by atoms with Crippen LogP contribution in [0.4, 0.5) is 11.4 Å². The van der Waals surface area contributed by atoms with Crippen LogP contribution in [-0.4, -0.2) is 16.9 Å². The van der Waals surface area contributed by atoms with E-state index in [0.717, 1.165) is 10.9 Å².